The largest absolute Gasteiger partial charge is 0.350 e. The van der Waals surface area contributed by atoms with Gasteiger partial charge in [0.05, 0.1) is 11.3 Å². The molecule has 0 bridgehead atoms. The molecule has 1 saturated heterocycles. The van der Waals surface area contributed by atoms with Gasteiger partial charge in [-0.05, 0) is 49.1 Å². The Morgan fingerprint density at radius 3 is 2.61 bits per heavy atom. The molecule has 4 rings (SSSR count). The first-order valence-electron chi connectivity index (χ1n) is 10.3. The summed E-state index contributed by atoms with van der Waals surface area (Å²) in [5, 5.41) is 22.6. The van der Waals surface area contributed by atoms with E-state index in [-0.39, 0.29) is 5.56 Å². The number of hydrogen-bond acceptors (Lipinski definition) is 8. The van der Waals surface area contributed by atoms with Gasteiger partial charge in [-0.3, -0.25) is 20.7 Å². The van der Waals surface area contributed by atoms with Crippen LogP contribution in [0.15, 0.2) is 36.8 Å². The van der Waals surface area contributed by atoms with E-state index in [4.69, 9.17) is 5.21 Å². The van der Waals surface area contributed by atoms with E-state index in [1.807, 2.05) is 25.2 Å². The molecule has 1 aromatic carbocycles. The smallest absolute Gasteiger partial charge is 0.277 e. The maximum Gasteiger partial charge on any atom is 0.277 e. The highest BCUT2D eigenvalue weighted by atomic mass is 16.5. The average Bonchev–Trinajstić information content (AvgIpc) is 3.13. The minimum atomic E-state index is -0.619. The lowest BCUT2D eigenvalue weighted by molar-refractivity contribution is 0.0705. The normalized spacial score (nSPS) is 14.7. The van der Waals surface area contributed by atoms with Crippen LogP contribution in [0.5, 0.6) is 0 Å². The average molecular weight is 425 g/mol. The van der Waals surface area contributed by atoms with Crippen LogP contribution >= 0.6 is 0 Å². The summed E-state index contributed by atoms with van der Waals surface area (Å²) in [6.45, 7) is 3.41. The molecule has 10 nitrogen and oxygen atoms in total. The quantitative estimate of drug-likeness (QED) is 0.287. The number of piperidine rings is 1. The molecule has 31 heavy (non-hydrogen) atoms. The Morgan fingerprint density at radius 1 is 1.19 bits per heavy atom. The fourth-order valence-corrected chi connectivity index (χ4v) is 4.10. The summed E-state index contributed by atoms with van der Waals surface area (Å²) in [6, 6.07) is 5.81. The van der Waals surface area contributed by atoms with Crippen molar-refractivity contribution in [2.75, 3.05) is 30.0 Å². The summed E-state index contributed by atoms with van der Waals surface area (Å²) in [5.41, 5.74) is 7.03. The molecule has 3 aromatic rings. The molecule has 0 atom stereocenters. The van der Waals surface area contributed by atoms with E-state index in [1.165, 1.54) is 18.0 Å². The minimum Gasteiger partial charge on any atom is -0.350 e. The molecule has 0 aliphatic carbocycles. The first-order chi connectivity index (χ1) is 15.1. The number of aryl methyl sites for hydroxylation is 1. The minimum absolute atomic E-state index is 0.223. The van der Waals surface area contributed by atoms with Crippen LogP contribution in [0.1, 0.15) is 28.8 Å². The van der Waals surface area contributed by atoms with Crippen LogP contribution in [0, 0.1) is 5.92 Å². The lowest BCUT2D eigenvalue weighted by atomic mass is 9.97. The number of hydrogen-bond donors (Lipinski definition) is 5. The lowest BCUT2D eigenvalue weighted by Gasteiger charge is -2.32. The Kier molecular flexibility index (Phi) is 6.31. The molecule has 5 N–H and O–H groups in total. The van der Waals surface area contributed by atoms with Gasteiger partial charge in [-0.2, -0.15) is 0 Å². The van der Waals surface area contributed by atoms with Gasteiger partial charge in [-0.1, -0.05) is 0 Å². The van der Waals surface area contributed by atoms with Gasteiger partial charge in [-0.25, -0.2) is 15.4 Å². The molecule has 0 radical (unpaired) electrons. The number of anilines is 2. The predicted octanol–water partition coefficient (Wildman–Crippen LogP) is 1.89. The number of aromatic nitrogens is 3. The number of nitrogens with zero attached hydrogens (tertiary/aromatic N) is 4. The van der Waals surface area contributed by atoms with Crippen molar-refractivity contribution >= 4 is 28.4 Å². The van der Waals surface area contributed by atoms with Crippen LogP contribution in [-0.4, -0.2) is 50.5 Å². The van der Waals surface area contributed by atoms with Gasteiger partial charge in [0.25, 0.3) is 5.91 Å². The Morgan fingerprint density at radius 2 is 1.94 bits per heavy atom. The topological polar surface area (TPSA) is 128 Å². The summed E-state index contributed by atoms with van der Waals surface area (Å²) < 4.78 is 2.10. The number of amides is 1. The molecular weight excluding hydrogens is 398 g/mol. The van der Waals surface area contributed by atoms with E-state index in [0.717, 1.165) is 49.9 Å². The second-order valence-electron chi connectivity index (χ2n) is 7.88. The number of carbonyl (C=O) groups excluding carboxylic acids is 1. The van der Waals surface area contributed by atoms with Gasteiger partial charge >= 0.3 is 0 Å². The summed E-state index contributed by atoms with van der Waals surface area (Å²) in [7, 11) is 2.03. The maximum absolute atomic E-state index is 11.4. The van der Waals surface area contributed by atoms with Gasteiger partial charge in [0.1, 0.15) is 0 Å². The fraction of sp³-hybridized carbons (Fsp3) is 0.381. The highest BCUT2D eigenvalue weighted by Crippen LogP contribution is 2.25. The SMILES string of the molecule is Cn1cc(CNCC2CCN(c3ncc(C(=O)NO)cn3)CC2)c2cc(NO)ccc21. The van der Waals surface area contributed by atoms with Gasteiger partial charge in [0.2, 0.25) is 5.95 Å². The van der Waals surface area contributed by atoms with E-state index in [9.17, 15) is 10.0 Å². The Bertz CT molecular complexity index is 1040. The van der Waals surface area contributed by atoms with Crippen molar-refractivity contribution in [2.24, 2.45) is 13.0 Å². The number of nitrogens with one attached hydrogen (secondary N) is 3. The number of fused-ring (bicyclic) bond motifs is 1. The second kappa shape index (κ2) is 9.29. The molecule has 0 unspecified atom stereocenters. The third-order valence-corrected chi connectivity index (χ3v) is 5.85. The number of benzene rings is 1. The zero-order valence-corrected chi connectivity index (χ0v) is 17.4. The predicted molar refractivity (Wildman–Crippen MR) is 116 cm³/mol. The fourth-order valence-electron chi connectivity index (χ4n) is 4.10. The van der Waals surface area contributed by atoms with Crippen molar-refractivity contribution < 1.29 is 15.2 Å². The van der Waals surface area contributed by atoms with Gasteiger partial charge in [-0.15, -0.1) is 0 Å². The highest BCUT2D eigenvalue weighted by Gasteiger charge is 2.21. The van der Waals surface area contributed by atoms with Crippen LogP contribution in [-0.2, 0) is 13.6 Å². The van der Waals surface area contributed by atoms with Crippen molar-refractivity contribution in [3.8, 4) is 0 Å². The molecule has 3 heterocycles. The molecule has 2 aromatic heterocycles. The maximum atomic E-state index is 11.4. The molecule has 1 aliphatic heterocycles. The summed E-state index contributed by atoms with van der Waals surface area (Å²) in [4.78, 5) is 22.0. The van der Waals surface area contributed by atoms with E-state index < -0.39 is 5.91 Å². The molecule has 1 aliphatic rings. The van der Waals surface area contributed by atoms with E-state index >= 15 is 0 Å². The van der Waals surface area contributed by atoms with Crippen LogP contribution in [0.25, 0.3) is 10.9 Å². The standard InChI is InChI=1S/C21H27N7O3/c1-27-13-16(18-8-17(25-30)2-3-19(18)27)10-22-9-14-4-6-28(7-5-14)21-23-11-15(12-24-21)20(29)26-31/h2-3,8,11-14,22,25,30-31H,4-7,9-10H2,1H3,(H,26,29). The molecule has 10 heteroatoms. The Balaban J connectivity index is 1.28. The zero-order valence-electron chi connectivity index (χ0n) is 17.4. The van der Waals surface area contributed by atoms with E-state index in [2.05, 4.69) is 36.4 Å². The second-order valence-corrected chi connectivity index (χ2v) is 7.88. The first kappa shape index (κ1) is 21.0. The molecule has 0 saturated carbocycles. The van der Waals surface area contributed by atoms with Crippen molar-refractivity contribution in [3.05, 3.63) is 47.9 Å². The Hall–Kier alpha value is -3.21. The number of rotatable bonds is 7. The molecule has 1 fully saturated rings. The Labute approximate surface area is 179 Å². The van der Waals surface area contributed by atoms with Crippen molar-refractivity contribution in [2.45, 2.75) is 19.4 Å². The number of carbonyl (C=O) groups is 1. The van der Waals surface area contributed by atoms with Crippen LogP contribution < -0.4 is 21.2 Å². The number of hydroxylamine groups is 1. The zero-order chi connectivity index (χ0) is 21.8. The molecule has 164 valence electrons. The van der Waals surface area contributed by atoms with E-state index in [0.29, 0.717) is 17.6 Å². The summed E-state index contributed by atoms with van der Waals surface area (Å²) >= 11 is 0. The highest BCUT2D eigenvalue weighted by molar-refractivity contribution is 5.92. The van der Waals surface area contributed by atoms with Crippen LogP contribution in [0.3, 0.4) is 0 Å². The molecule has 1 amide bonds. The molecular formula is C21H27N7O3. The van der Waals surface area contributed by atoms with Crippen LogP contribution in [0.2, 0.25) is 0 Å². The summed E-state index contributed by atoms with van der Waals surface area (Å²) in [5.74, 6) is 0.552. The lowest BCUT2D eigenvalue weighted by Crippen LogP contribution is -2.38. The van der Waals surface area contributed by atoms with Crippen molar-refractivity contribution in [1.29, 1.82) is 0 Å². The third-order valence-electron chi connectivity index (χ3n) is 5.85. The summed E-state index contributed by atoms with van der Waals surface area (Å²) in [6.07, 6.45) is 7.03. The van der Waals surface area contributed by atoms with Crippen molar-refractivity contribution in [1.82, 2.24) is 25.3 Å². The van der Waals surface area contributed by atoms with Crippen molar-refractivity contribution in [3.63, 3.8) is 0 Å². The van der Waals surface area contributed by atoms with Gasteiger partial charge in [0.15, 0.2) is 0 Å². The third kappa shape index (κ3) is 4.61. The van der Waals surface area contributed by atoms with Gasteiger partial charge < -0.3 is 14.8 Å². The first-order valence-corrected chi connectivity index (χ1v) is 10.3. The van der Waals surface area contributed by atoms with Gasteiger partial charge in [0, 0.05) is 56.2 Å². The van der Waals surface area contributed by atoms with Crippen LogP contribution in [0.4, 0.5) is 11.6 Å². The monoisotopic (exact) mass is 425 g/mol. The van der Waals surface area contributed by atoms with E-state index in [1.54, 1.807) is 5.48 Å². The molecule has 0 spiro atoms.